The van der Waals surface area contributed by atoms with E-state index in [0.717, 1.165) is 0 Å². The first-order valence-corrected chi connectivity index (χ1v) is 7.92. The standard InChI is InChI=1S/C16H22F2N4O4.HI/c1-19-16(20-5-4-14(23)22(2)3)21-8-10-6-12-13(25-9-24-12)7-11(10)26-15(17)18;/h6-7,15H,4-5,8-9H2,1-3H3,(H2,19,20,21);1H. The summed E-state index contributed by atoms with van der Waals surface area (Å²) in [5.41, 5.74) is 0.460. The molecule has 11 heteroatoms. The quantitative estimate of drug-likeness (QED) is 0.338. The van der Waals surface area contributed by atoms with Gasteiger partial charge in [0.15, 0.2) is 17.5 Å². The molecule has 2 rings (SSSR count). The smallest absolute Gasteiger partial charge is 0.387 e. The predicted molar refractivity (Wildman–Crippen MR) is 106 cm³/mol. The minimum Gasteiger partial charge on any atom is -0.454 e. The number of carbonyl (C=O) groups excluding carboxylic acids is 1. The van der Waals surface area contributed by atoms with Crippen molar-refractivity contribution in [2.75, 3.05) is 34.5 Å². The minimum absolute atomic E-state index is 0. The summed E-state index contributed by atoms with van der Waals surface area (Å²) in [6.07, 6.45) is 0.303. The van der Waals surface area contributed by atoms with Crippen LogP contribution in [0.15, 0.2) is 17.1 Å². The van der Waals surface area contributed by atoms with Crippen LogP contribution in [0.1, 0.15) is 12.0 Å². The molecule has 2 N–H and O–H groups in total. The number of alkyl halides is 2. The van der Waals surface area contributed by atoms with E-state index >= 15 is 0 Å². The first kappa shape index (κ1) is 23.0. The number of nitrogens with zero attached hydrogens (tertiary/aromatic N) is 2. The zero-order valence-electron chi connectivity index (χ0n) is 15.3. The molecule has 0 aromatic heterocycles. The predicted octanol–water partition coefficient (Wildman–Crippen LogP) is 1.78. The minimum atomic E-state index is -2.95. The molecule has 1 aromatic rings. The van der Waals surface area contributed by atoms with Gasteiger partial charge >= 0.3 is 6.61 Å². The Balaban J connectivity index is 0.00000364. The second-order valence-electron chi connectivity index (χ2n) is 5.58. The number of guanidine groups is 1. The molecule has 27 heavy (non-hydrogen) atoms. The van der Waals surface area contributed by atoms with Crippen LogP contribution in [0.3, 0.4) is 0 Å². The summed E-state index contributed by atoms with van der Waals surface area (Å²) in [4.78, 5) is 17.1. The largest absolute Gasteiger partial charge is 0.454 e. The van der Waals surface area contributed by atoms with Gasteiger partial charge in [-0.1, -0.05) is 0 Å². The molecule has 0 aliphatic carbocycles. The summed E-state index contributed by atoms with van der Waals surface area (Å²) in [6.45, 7) is -2.37. The van der Waals surface area contributed by atoms with Crippen molar-refractivity contribution in [3.63, 3.8) is 0 Å². The third-order valence-electron chi connectivity index (χ3n) is 3.57. The average molecular weight is 500 g/mol. The second kappa shape index (κ2) is 10.9. The first-order chi connectivity index (χ1) is 12.4. The Kier molecular flexibility index (Phi) is 9.32. The molecule has 1 aliphatic heterocycles. The number of benzene rings is 1. The molecule has 0 fully saturated rings. The number of amides is 1. The van der Waals surface area contributed by atoms with E-state index in [4.69, 9.17) is 9.47 Å². The van der Waals surface area contributed by atoms with Crippen LogP contribution in [0.25, 0.3) is 0 Å². The number of aliphatic imine (C=N–C) groups is 1. The van der Waals surface area contributed by atoms with Gasteiger partial charge in [-0.05, 0) is 6.07 Å². The maximum atomic E-state index is 12.6. The molecular formula is C16H23F2IN4O4. The van der Waals surface area contributed by atoms with Crippen LogP contribution in [-0.4, -0.2) is 57.9 Å². The van der Waals surface area contributed by atoms with E-state index in [-0.39, 0.29) is 49.0 Å². The van der Waals surface area contributed by atoms with Crippen LogP contribution in [0, 0.1) is 0 Å². The van der Waals surface area contributed by atoms with Crippen LogP contribution in [0.4, 0.5) is 8.78 Å². The van der Waals surface area contributed by atoms with E-state index in [0.29, 0.717) is 36.0 Å². The van der Waals surface area contributed by atoms with Gasteiger partial charge in [-0.25, -0.2) is 0 Å². The Morgan fingerprint density at radius 1 is 1.30 bits per heavy atom. The Hall–Kier alpha value is -2.05. The fraction of sp³-hybridized carbons (Fsp3) is 0.500. The number of fused-ring (bicyclic) bond motifs is 1. The van der Waals surface area contributed by atoms with Crippen LogP contribution in [-0.2, 0) is 11.3 Å². The second-order valence-corrected chi connectivity index (χ2v) is 5.58. The van der Waals surface area contributed by atoms with Crippen molar-refractivity contribution in [3.05, 3.63) is 17.7 Å². The van der Waals surface area contributed by atoms with E-state index < -0.39 is 6.61 Å². The van der Waals surface area contributed by atoms with Gasteiger partial charge in [-0.3, -0.25) is 9.79 Å². The van der Waals surface area contributed by atoms with E-state index in [2.05, 4.69) is 20.4 Å². The molecule has 0 radical (unpaired) electrons. The summed E-state index contributed by atoms with van der Waals surface area (Å²) < 4.78 is 40.3. The zero-order valence-corrected chi connectivity index (χ0v) is 17.6. The van der Waals surface area contributed by atoms with Crippen molar-refractivity contribution in [1.82, 2.24) is 15.5 Å². The lowest BCUT2D eigenvalue weighted by molar-refractivity contribution is -0.128. The lowest BCUT2D eigenvalue weighted by atomic mass is 10.1. The van der Waals surface area contributed by atoms with Crippen LogP contribution >= 0.6 is 24.0 Å². The van der Waals surface area contributed by atoms with E-state index in [9.17, 15) is 13.6 Å². The molecule has 0 saturated carbocycles. The maximum absolute atomic E-state index is 12.6. The lowest BCUT2D eigenvalue weighted by Crippen LogP contribution is -2.38. The molecule has 8 nitrogen and oxygen atoms in total. The van der Waals surface area contributed by atoms with Gasteiger partial charge in [0.1, 0.15) is 5.75 Å². The molecule has 0 bridgehead atoms. The molecule has 152 valence electrons. The molecule has 0 spiro atoms. The van der Waals surface area contributed by atoms with Crippen molar-refractivity contribution in [1.29, 1.82) is 0 Å². The number of hydrogen-bond donors (Lipinski definition) is 2. The van der Waals surface area contributed by atoms with Crippen molar-refractivity contribution < 1.29 is 27.8 Å². The van der Waals surface area contributed by atoms with Gasteiger partial charge in [0.2, 0.25) is 12.7 Å². The van der Waals surface area contributed by atoms with Crippen molar-refractivity contribution in [2.24, 2.45) is 4.99 Å². The van der Waals surface area contributed by atoms with E-state index in [1.54, 1.807) is 27.2 Å². The molecule has 0 saturated heterocycles. The molecular weight excluding hydrogens is 477 g/mol. The molecule has 1 aliphatic rings. The van der Waals surface area contributed by atoms with Gasteiger partial charge in [-0.2, -0.15) is 8.78 Å². The van der Waals surface area contributed by atoms with Crippen LogP contribution in [0.5, 0.6) is 17.2 Å². The fourth-order valence-corrected chi connectivity index (χ4v) is 2.22. The number of hydrogen-bond acceptors (Lipinski definition) is 5. The third-order valence-corrected chi connectivity index (χ3v) is 3.57. The van der Waals surface area contributed by atoms with Gasteiger partial charge in [-0.15, -0.1) is 24.0 Å². The Labute approximate surface area is 173 Å². The Morgan fingerprint density at radius 2 is 1.96 bits per heavy atom. The Bertz CT molecular complexity index is 674. The monoisotopic (exact) mass is 500 g/mol. The number of ether oxygens (including phenoxy) is 3. The van der Waals surface area contributed by atoms with Gasteiger partial charge < -0.3 is 29.7 Å². The number of halogens is 3. The van der Waals surface area contributed by atoms with E-state index in [1.165, 1.54) is 11.0 Å². The third kappa shape index (κ3) is 6.88. The molecule has 1 amide bonds. The lowest BCUT2D eigenvalue weighted by Gasteiger charge is -2.16. The highest BCUT2D eigenvalue weighted by Gasteiger charge is 2.20. The van der Waals surface area contributed by atoms with Crippen LogP contribution in [0.2, 0.25) is 0 Å². The topological polar surface area (TPSA) is 84.4 Å². The summed E-state index contributed by atoms with van der Waals surface area (Å²) in [6, 6.07) is 2.95. The summed E-state index contributed by atoms with van der Waals surface area (Å²) in [5, 5.41) is 5.97. The zero-order chi connectivity index (χ0) is 19.1. The number of nitrogens with one attached hydrogen (secondary N) is 2. The van der Waals surface area contributed by atoms with Crippen molar-refractivity contribution in [2.45, 2.75) is 19.6 Å². The highest BCUT2D eigenvalue weighted by Crippen LogP contribution is 2.38. The number of carbonyl (C=O) groups is 1. The van der Waals surface area contributed by atoms with Crippen molar-refractivity contribution >= 4 is 35.8 Å². The average Bonchev–Trinajstić information content (AvgIpc) is 3.04. The molecule has 0 unspecified atom stereocenters. The van der Waals surface area contributed by atoms with E-state index in [1.807, 2.05) is 0 Å². The Morgan fingerprint density at radius 3 is 2.56 bits per heavy atom. The van der Waals surface area contributed by atoms with Gasteiger partial charge in [0.25, 0.3) is 0 Å². The molecule has 0 atom stereocenters. The SMILES string of the molecule is CN=C(NCCC(=O)N(C)C)NCc1cc2c(cc1OC(F)F)OCO2.I. The summed E-state index contributed by atoms with van der Waals surface area (Å²) in [7, 11) is 4.93. The maximum Gasteiger partial charge on any atom is 0.387 e. The normalized spacial score (nSPS) is 12.4. The molecule has 1 aromatic carbocycles. The van der Waals surface area contributed by atoms with Crippen molar-refractivity contribution in [3.8, 4) is 17.2 Å². The highest BCUT2D eigenvalue weighted by molar-refractivity contribution is 14.0. The summed E-state index contributed by atoms with van der Waals surface area (Å²) >= 11 is 0. The fourth-order valence-electron chi connectivity index (χ4n) is 2.22. The first-order valence-electron chi connectivity index (χ1n) is 7.92. The van der Waals surface area contributed by atoms with Gasteiger partial charge in [0, 0.05) is 52.3 Å². The van der Waals surface area contributed by atoms with Gasteiger partial charge in [0.05, 0.1) is 0 Å². The highest BCUT2D eigenvalue weighted by atomic mass is 127. The summed E-state index contributed by atoms with van der Waals surface area (Å²) in [5.74, 6) is 1.22. The van der Waals surface area contributed by atoms with Crippen LogP contribution < -0.4 is 24.8 Å². The number of rotatable bonds is 7. The molecule has 1 heterocycles.